The van der Waals surface area contributed by atoms with Crippen LogP contribution in [-0.4, -0.2) is 60.9 Å². The van der Waals surface area contributed by atoms with Gasteiger partial charge in [-0.2, -0.15) is 5.26 Å². The van der Waals surface area contributed by atoms with E-state index in [9.17, 15) is 4.79 Å². The molecular weight excluding hydrogens is 1070 g/mol. The summed E-state index contributed by atoms with van der Waals surface area (Å²) in [7, 11) is 0. The molecule has 0 unspecified atom stereocenters. The number of aromatic nitrogens is 10. The van der Waals surface area contributed by atoms with Crippen LogP contribution in [0, 0.1) is 66.9 Å². The summed E-state index contributed by atoms with van der Waals surface area (Å²) in [4.78, 5) is 49.4. The van der Waals surface area contributed by atoms with Gasteiger partial charge < -0.3 is 5.11 Å². The van der Waals surface area contributed by atoms with Crippen LogP contribution in [0.5, 0.6) is 0 Å². The minimum atomic E-state index is -1.04. The number of nitrogens with zero attached hydrogens (tertiary/aromatic N) is 11. The lowest BCUT2D eigenvalue weighted by Crippen LogP contribution is -2.02. The van der Waals surface area contributed by atoms with Crippen LogP contribution in [0.1, 0.15) is 95.7 Å². The third kappa shape index (κ3) is 27.2. The zero-order chi connectivity index (χ0) is 43.9. The Kier molecular flexibility index (Phi) is 22.9. The van der Waals surface area contributed by atoms with Gasteiger partial charge in [-0.3, -0.25) is 0 Å². The SMILES string of the molecule is Brc1cnc(I)nc1.CC(C)(C)C#Cc1ncc(Br)cn1.CC(C)(C)C#Cc1ncc(C#N)cn1.CC(C)(C)C#Cc1ncc(C(=O)O)cn1.Clc1ncc(Br)cn1. The third-order valence-corrected chi connectivity index (χ3v) is 7.11. The van der Waals surface area contributed by atoms with Gasteiger partial charge in [-0.25, -0.2) is 54.6 Å². The molecule has 58 heavy (non-hydrogen) atoms. The fourth-order valence-electron chi connectivity index (χ4n) is 2.65. The van der Waals surface area contributed by atoms with E-state index in [1.165, 1.54) is 24.8 Å². The number of hydrogen-bond donors (Lipinski definition) is 1. The number of nitriles is 1. The van der Waals surface area contributed by atoms with Crippen molar-refractivity contribution in [3.05, 3.63) is 113 Å². The molecule has 0 amide bonds. The molecule has 13 nitrogen and oxygen atoms in total. The monoisotopic (exact) mass is 1100 g/mol. The van der Waals surface area contributed by atoms with Crippen molar-refractivity contribution in [2.45, 2.75) is 62.3 Å². The van der Waals surface area contributed by atoms with Crippen molar-refractivity contribution in [2.75, 3.05) is 0 Å². The second-order valence-electron chi connectivity index (χ2n) is 14.1. The molecule has 18 heteroatoms. The molecule has 0 fully saturated rings. The molecule has 5 aromatic rings. The molecule has 0 saturated carbocycles. The van der Waals surface area contributed by atoms with Gasteiger partial charge in [-0.05, 0) is 139 Å². The topological polar surface area (TPSA) is 190 Å². The molecule has 5 rings (SSSR count). The van der Waals surface area contributed by atoms with Gasteiger partial charge in [-0.15, -0.1) is 0 Å². The van der Waals surface area contributed by atoms with E-state index in [4.69, 9.17) is 22.0 Å². The molecule has 0 aliphatic carbocycles. The lowest BCUT2D eigenvalue weighted by molar-refractivity contribution is 0.0696. The molecule has 0 atom stereocenters. The van der Waals surface area contributed by atoms with Crippen LogP contribution in [0.3, 0.4) is 0 Å². The minimum Gasteiger partial charge on any atom is -0.478 e. The van der Waals surface area contributed by atoms with E-state index in [0.717, 1.165) is 17.2 Å². The Morgan fingerprint density at radius 3 is 1.14 bits per heavy atom. The van der Waals surface area contributed by atoms with Crippen LogP contribution in [0.25, 0.3) is 0 Å². The van der Waals surface area contributed by atoms with Crippen LogP contribution < -0.4 is 0 Å². The maximum atomic E-state index is 10.5. The van der Waals surface area contributed by atoms with Gasteiger partial charge in [0.15, 0.2) is 3.83 Å². The van der Waals surface area contributed by atoms with Gasteiger partial charge in [0.2, 0.25) is 22.8 Å². The smallest absolute Gasteiger partial charge is 0.338 e. The van der Waals surface area contributed by atoms with Gasteiger partial charge in [-0.1, -0.05) is 17.8 Å². The largest absolute Gasteiger partial charge is 0.478 e. The highest BCUT2D eigenvalue weighted by Gasteiger charge is 2.06. The van der Waals surface area contributed by atoms with Gasteiger partial charge >= 0.3 is 5.97 Å². The fraction of sp³-hybridized carbons (Fsp3) is 0.300. The summed E-state index contributed by atoms with van der Waals surface area (Å²) >= 11 is 17.1. The zero-order valence-corrected chi connectivity index (χ0v) is 40.6. The van der Waals surface area contributed by atoms with E-state index in [1.54, 1.807) is 37.2 Å². The highest BCUT2D eigenvalue weighted by molar-refractivity contribution is 14.1. The predicted molar refractivity (Wildman–Crippen MR) is 242 cm³/mol. The average molecular weight is 1110 g/mol. The quantitative estimate of drug-likeness (QED) is 0.0950. The lowest BCUT2D eigenvalue weighted by atomic mass is 9.98. The lowest BCUT2D eigenvalue weighted by Gasteiger charge is -2.06. The number of carbonyl (C=O) groups is 1. The fourth-order valence-corrected chi connectivity index (χ4v) is 3.64. The first-order chi connectivity index (χ1) is 26.9. The summed E-state index contributed by atoms with van der Waals surface area (Å²) in [6.07, 6.45) is 15.5. The summed E-state index contributed by atoms with van der Waals surface area (Å²) in [6.45, 7) is 18.1. The van der Waals surface area contributed by atoms with Crippen molar-refractivity contribution in [2.24, 2.45) is 16.2 Å². The third-order valence-electron chi connectivity index (χ3n) is 5.13. The molecule has 0 spiro atoms. The first-order valence-electron chi connectivity index (χ1n) is 16.6. The van der Waals surface area contributed by atoms with Crippen LogP contribution in [-0.2, 0) is 0 Å². The Labute approximate surface area is 383 Å². The Hall–Kier alpha value is -4.50. The second-order valence-corrected chi connectivity index (χ2v) is 18.1. The second kappa shape index (κ2) is 25.8. The van der Waals surface area contributed by atoms with E-state index in [-0.39, 0.29) is 27.1 Å². The molecule has 5 aromatic heterocycles. The molecule has 0 bridgehead atoms. The molecular formula is C40H38Br3ClIN11O2. The van der Waals surface area contributed by atoms with E-state index >= 15 is 0 Å². The molecule has 5 heterocycles. The summed E-state index contributed by atoms with van der Waals surface area (Å²) in [5.41, 5.74) is 0.338. The highest BCUT2D eigenvalue weighted by Crippen LogP contribution is 2.12. The van der Waals surface area contributed by atoms with Crippen LogP contribution >= 0.6 is 82.0 Å². The van der Waals surface area contributed by atoms with Gasteiger partial charge in [0, 0.05) is 101 Å². The Balaban J connectivity index is 0.000000370. The number of carboxylic acids is 1. The first kappa shape index (κ1) is 51.5. The van der Waals surface area contributed by atoms with E-state index < -0.39 is 5.97 Å². The first-order valence-corrected chi connectivity index (χ1v) is 20.4. The number of halogens is 5. The summed E-state index contributed by atoms with van der Waals surface area (Å²) in [5.74, 6) is 17.9. The standard InChI is InChI=1S/C11H11N3.C11H12N2O2.C10H11BrN2.C4H2BrClN2.C4H2BrIN2/c1-11(2,3)5-4-10-13-7-9(6-12)8-14-10;1-11(2,3)5-4-9-12-6-8(7-13-9)10(14)15;1-10(2,3)5-4-9-12-6-8(11)7-13-9;2*5-3-1-7-4(6)8-2-3/h7-8H,1-3H3;6-7H,1-3H3,(H,14,15);6-7H,1-3H3;2*1-2H. The summed E-state index contributed by atoms with van der Waals surface area (Å²) < 4.78 is 3.39. The maximum absolute atomic E-state index is 10.5. The number of carboxylic acid groups (broad SMARTS) is 1. The molecule has 0 aliphatic heterocycles. The molecule has 300 valence electrons. The minimum absolute atomic E-state index is 0.00354. The Bertz CT molecular complexity index is 2190. The van der Waals surface area contributed by atoms with E-state index in [2.05, 4.69) is 177 Å². The van der Waals surface area contributed by atoms with Crippen molar-refractivity contribution in [1.82, 2.24) is 49.8 Å². The summed E-state index contributed by atoms with van der Waals surface area (Å²) in [6, 6.07) is 1.95. The molecule has 0 saturated heterocycles. The highest BCUT2D eigenvalue weighted by atomic mass is 127. The zero-order valence-electron chi connectivity index (χ0n) is 32.9. The van der Waals surface area contributed by atoms with Crippen molar-refractivity contribution in [1.29, 1.82) is 5.26 Å². The van der Waals surface area contributed by atoms with E-state index in [0.29, 0.717) is 23.0 Å². The van der Waals surface area contributed by atoms with E-state index in [1.807, 2.05) is 47.6 Å². The average Bonchev–Trinajstić information content (AvgIpc) is 3.16. The summed E-state index contributed by atoms with van der Waals surface area (Å²) in [5, 5.41) is 17.4. The van der Waals surface area contributed by atoms with Crippen molar-refractivity contribution in [3.8, 4) is 41.6 Å². The Morgan fingerprint density at radius 2 is 0.862 bits per heavy atom. The molecule has 0 aromatic carbocycles. The van der Waals surface area contributed by atoms with Crippen LogP contribution in [0.4, 0.5) is 0 Å². The van der Waals surface area contributed by atoms with Crippen LogP contribution in [0.15, 0.2) is 75.4 Å². The van der Waals surface area contributed by atoms with Gasteiger partial charge in [0.25, 0.3) is 0 Å². The number of rotatable bonds is 1. The normalized spacial score (nSPS) is 9.95. The van der Waals surface area contributed by atoms with Gasteiger partial charge in [0.1, 0.15) is 6.07 Å². The van der Waals surface area contributed by atoms with Gasteiger partial charge in [0.05, 0.1) is 24.5 Å². The van der Waals surface area contributed by atoms with Crippen LogP contribution in [0.2, 0.25) is 5.28 Å². The maximum Gasteiger partial charge on any atom is 0.338 e. The molecule has 1 N–H and O–H groups in total. The number of aromatic carboxylic acids is 1. The number of hydrogen-bond acceptors (Lipinski definition) is 12. The van der Waals surface area contributed by atoms with Crippen molar-refractivity contribution < 1.29 is 9.90 Å². The predicted octanol–water partition coefficient (Wildman–Crippen LogP) is 9.69. The Morgan fingerprint density at radius 1 is 0.569 bits per heavy atom. The molecule has 0 aliphatic rings. The molecule has 0 radical (unpaired) electrons. The van der Waals surface area contributed by atoms with Crippen molar-refractivity contribution >= 4 is 88.0 Å². The van der Waals surface area contributed by atoms with Crippen molar-refractivity contribution in [3.63, 3.8) is 0 Å².